The van der Waals surface area contributed by atoms with E-state index in [9.17, 15) is 4.79 Å². The smallest absolute Gasteiger partial charge is 0.243 e. The summed E-state index contributed by atoms with van der Waals surface area (Å²) in [5.74, 6) is 0.600. The Hall–Kier alpha value is -1.66. The molecule has 0 radical (unpaired) electrons. The minimum Gasteiger partial charge on any atom is -0.313 e. The highest BCUT2D eigenvalue weighted by molar-refractivity contribution is 9.10. The molecule has 0 spiro atoms. The SMILES string of the molecule is O=C(Nc1nccn1Cc1ccc(Br)cc1)C1CCCCN1. The van der Waals surface area contributed by atoms with Crippen molar-refractivity contribution in [2.24, 2.45) is 0 Å². The molecule has 116 valence electrons. The average molecular weight is 363 g/mol. The van der Waals surface area contributed by atoms with Gasteiger partial charge in [-0.3, -0.25) is 10.1 Å². The molecule has 1 aromatic carbocycles. The Morgan fingerprint density at radius 3 is 2.91 bits per heavy atom. The van der Waals surface area contributed by atoms with Gasteiger partial charge in [-0.05, 0) is 37.1 Å². The predicted octanol–water partition coefficient (Wildman–Crippen LogP) is 2.77. The van der Waals surface area contributed by atoms with Crippen molar-refractivity contribution in [2.75, 3.05) is 11.9 Å². The largest absolute Gasteiger partial charge is 0.313 e. The molecule has 1 fully saturated rings. The number of anilines is 1. The third-order valence-corrected chi connectivity index (χ3v) is 4.37. The second-order valence-electron chi connectivity index (χ2n) is 5.50. The average Bonchev–Trinajstić information content (AvgIpc) is 2.97. The van der Waals surface area contributed by atoms with Gasteiger partial charge >= 0.3 is 0 Å². The predicted molar refractivity (Wildman–Crippen MR) is 89.7 cm³/mol. The van der Waals surface area contributed by atoms with Gasteiger partial charge in [0.15, 0.2) is 0 Å². The second-order valence-corrected chi connectivity index (χ2v) is 6.41. The van der Waals surface area contributed by atoms with Crippen molar-refractivity contribution in [3.63, 3.8) is 0 Å². The van der Waals surface area contributed by atoms with Gasteiger partial charge in [0.2, 0.25) is 11.9 Å². The Kier molecular flexibility index (Phi) is 4.90. The lowest BCUT2D eigenvalue weighted by atomic mass is 10.0. The first-order valence-electron chi connectivity index (χ1n) is 7.52. The molecule has 1 saturated heterocycles. The van der Waals surface area contributed by atoms with Crippen molar-refractivity contribution in [2.45, 2.75) is 31.8 Å². The zero-order chi connectivity index (χ0) is 15.4. The van der Waals surface area contributed by atoms with Gasteiger partial charge < -0.3 is 9.88 Å². The number of aromatic nitrogens is 2. The summed E-state index contributed by atoms with van der Waals surface area (Å²) in [7, 11) is 0. The molecular formula is C16H19BrN4O. The summed E-state index contributed by atoms with van der Waals surface area (Å²) in [5.41, 5.74) is 1.16. The van der Waals surface area contributed by atoms with Crippen LogP contribution in [0.15, 0.2) is 41.1 Å². The van der Waals surface area contributed by atoms with Crippen LogP contribution in [-0.4, -0.2) is 28.0 Å². The number of imidazole rings is 1. The van der Waals surface area contributed by atoms with Crippen LogP contribution >= 0.6 is 15.9 Å². The van der Waals surface area contributed by atoms with Crippen LogP contribution in [0.25, 0.3) is 0 Å². The van der Waals surface area contributed by atoms with Crippen LogP contribution in [0.1, 0.15) is 24.8 Å². The van der Waals surface area contributed by atoms with Crippen LogP contribution in [0.5, 0.6) is 0 Å². The molecule has 2 aromatic rings. The van der Waals surface area contributed by atoms with E-state index < -0.39 is 0 Å². The highest BCUT2D eigenvalue weighted by atomic mass is 79.9. The Labute approximate surface area is 138 Å². The summed E-state index contributed by atoms with van der Waals surface area (Å²) in [4.78, 5) is 16.5. The fourth-order valence-corrected chi connectivity index (χ4v) is 2.88. The van der Waals surface area contributed by atoms with Crippen molar-refractivity contribution in [3.8, 4) is 0 Å². The first kappa shape index (κ1) is 15.2. The lowest BCUT2D eigenvalue weighted by molar-refractivity contribution is -0.118. The van der Waals surface area contributed by atoms with E-state index in [0.29, 0.717) is 12.5 Å². The van der Waals surface area contributed by atoms with Crippen LogP contribution in [0.3, 0.4) is 0 Å². The van der Waals surface area contributed by atoms with Gasteiger partial charge in [0.1, 0.15) is 0 Å². The molecule has 3 rings (SSSR count). The Bertz CT molecular complexity index is 632. The molecule has 0 bridgehead atoms. The van der Waals surface area contributed by atoms with E-state index in [0.717, 1.165) is 35.8 Å². The zero-order valence-corrected chi connectivity index (χ0v) is 13.8. The van der Waals surface area contributed by atoms with Crippen molar-refractivity contribution >= 4 is 27.8 Å². The van der Waals surface area contributed by atoms with E-state index in [1.54, 1.807) is 6.20 Å². The Morgan fingerprint density at radius 2 is 2.18 bits per heavy atom. The molecule has 2 heterocycles. The van der Waals surface area contributed by atoms with Crippen LogP contribution in [0.2, 0.25) is 0 Å². The number of hydrogen-bond acceptors (Lipinski definition) is 3. The number of halogens is 1. The molecule has 2 N–H and O–H groups in total. The maximum atomic E-state index is 12.3. The minimum absolute atomic E-state index is 0.00274. The molecule has 22 heavy (non-hydrogen) atoms. The number of amides is 1. The van der Waals surface area contributed by atoms with E-state index >= 15 is 0 Å². The second kappa shape index (κ2) is 7.07. The van der Waals surface area contributed by atoms with Gasteiger partial charge in [0, 0.05) is 16.9 Å². The molecule has 1 aliphatic rings. The number of rotatable bonds is 4. The lowest BCUT2D eigenvalue weighted by Gasteiger charge is -2.22. The summed E-state index contributed by atoms with van der Waals surface area (Å²) >= 11 is 3.43. The molecule has 1 amide bonds. The van der Waals surface area contributed by atoms with Crippen molar-refractivity contribution in [1.29, 1.82) is 0 Å². The monoisotopic (exact) mass is 362 g/mol. The molecule has 1 unspecified atom stereocenters. The van der Waals surface area contributed by atoms with Crippen molar-refractivity contribution in [3.05, 3.63) is 46.7 Å². The minimum atomic E-state index is -0.105. The van der Waals surface area contributed by atoms with Gasteiger partial charge in [0.05, 0.1) is 12.6 Å². The maximum Gasteiger partial charge on any atom is 0.243 e. The topological polar surface area (TPSA) is 59.0 Å². The highest BCUT2D eigenvalue weighted by Gasteiger charge is 2.21. The lowest BCUT2D eigenvalue weighted by Crippen LogP contribution is -2.43. The third-order valence-electron chi connectivity index (χ3n) is 3.84. The first-order valence-corrected chi connectivity index (χ1v) is 8.31. The molecule has 1 aromatic heterocycles. The molecule has 1 aliphatic heterocycles. The van der Waals surface area contributed by atoms with Gasteiger partial charge in [-0.15, -0.1) is 0 Å². The van der Waals surface area contributed by atoms with E-state index in [1.807, 2.05) is 22.9 Å². The van der Waals surface area contributed by atoms with Crippen LogP contribution < -0.4 is 10.6 Å². The number of carbonyl (C=O) groups excluding carboxylic acids is 1. The number of carbonyl (C=O) groups is 1. The van der Waals surface area contributed by atoms with Gasteiger partial charge in [-0.1, -0.05) is 34.5 Å². The summed E-state index contributed by atoms with van der Waals surface area (Å²) in [6.07, 6.45) is 6.72. The number of piperidine rings is 1. The molecule has 0 aliphatic carbocycles. The van der Waals surface area contributed by atoms with Crippen LogP contribution in [0, 0.1) is 0 Å². The Balaban J connectivity index is 1.66. The number of benzene rings is 1. The van der Waals surface area contributed by atoms with E-state index in [2.05, 4.69) is 43.7 Å². The van der Waals surface area contributed by atoms with Crippen molar-refractivity contribution < 1.29 is 4.79 Å². The summed E-state index contributed by atoms with van der Waals surface area (Å²) < 4.78 is 3.00. The first-order chi connectivity index (χ1) is 10.7. The van der Waals surface area contributed by atoms with E-state index in [1.165, 1.54) is 0 Å². The molecule has 5 nitrogen and oxygen atoms in total. The summed E-state index contributed by atoms with van der Waals surface area (Å²) in [6.45, 7) is 1.59. The Morgan fingerprint density at radius 1 is 1.36 bits per heavy atom. The number of nitrogens with one attached hydrogen (secondary N) is 2. The fourth-order valence-electron chi connectivity index (χ4n) is 2.62. The zero-order valence-electron chi connectivity index (χ0n) is 12.3. The standard InChI is InChI=1S/C16H19BrN4O/c17-13-6-4-12(5-7-13)11-21-10-9-19-16(21)20-15(22)14-3-1-2-8-18-14/h4-7,9-10,14,18H,1-3,8,11H2,(H,19,20,22). The third kappa shape index (κ3) is 3.75. The van der Waals surface area contributed by atoms with E-state index in [4.69, 9.17) is 0 Å². The van der Waals surface area contributed by atoms with Gasteiger partial charge in [0.25, 0.3) is 0 Å². The number of hydrogen-bond donors (Lipinski definition) is 2. The summed E-state index contributed by atoms with van der Waals surface area (Å²) in [5, 5.41) is 6.19. The molecule has 6 heteroatoms. The maximum absolute atomic E-state index is 12.3. The van der Waals surface area contributed by atoms with Gasteiger partial charge in [-0.25, -0.2) is 4.98 Å². The molecular weight excluding hydrogens is 344 g/mol. The van der Waals surface area contributed by atoms with Crippen molar-refractivity contribution in [1.82, 2.24) is 14.9 Å². The molecule has 0 saturated carbocycles. The quantitative estimate of drug-likeness (QED) is 0.878. The fraction of sp³-hybridized carbons (Fsp3) is 0.375. The van der Waals surface area contributed by atoms with Crippen LogP contribution in [0.4, 0.5) is 5.95 Å². The van der Waals surface area contributed by atoms with Crippen LogP contribution in [-0.2, 0) is 11.3 Å². The highest BCUT2D eigenvalue weighted by Crippen LogP contribution is 2.15. The molecule has 1 atom stereocenters. The summed E-state index contributed by atoms with van der Waals surface area (Å²) in [6, 6.07) is 8.02. The normalized spacial score (nSPS) is 18.1. The van der Waals surface area contributed by atoms with E-state index in [-0.39, 0.29) is 11.9 Å². The number of nitrogens with zero attached hydrogens (tertiary/aromatic N) is 2. The van der Waals surface area contributed by atoms with Gasteiger partial charge in [-0.2, -0.15) is 0 Å².